The molecule has 112 valence electrons. The van der Waals surface area contributed by atoms with Crippen molar-refractivity contribution in [3.63, 3.8) is 0 Å². The smallest absolute Gasteiger partial charge is 0.323 e. The summed E-state index contributed by atoms with van der Waals surface area (Å²) >= 11 is 0. The fraction of sp³-hybridized carbons (Fsp3) is 0.400. The second-order valence-corrected chi connectivity index (χ2v) is 4.83. The maximum Gasteiger partial charge on any atom is 0.323 e. The lowest BCUT2D eigenvalue weighted by Crippen LogP contribution is -2.40. The first kappa shape index (κ1) is 15.2. The topological polar surface area (TPSA) is 72.9 Å². The van der Waals surface area contributed by atoms with Crippen LogP contribution in [-0.2, 0) is 30.5 Å². The molecule has 1 aliphatic rings. The number of nitrogens with zero attached hydrogens (tertiary/aromatic N) is 1. The van der Waals surface area contributed by atoms with Crippen molar-refractivity contribution >= 4 is 17.7 Å². The van der Waals surface area contributed by atoms with E-state index in [1.54, 1.807) is 0 Å². The first-order valence-electron chi connectivity index (χ1n) is 6.63. The van der Waals surface area contributed by atoms with Gasteiger partial charge in [-0.25, -0.2) is 0 Å². The van der Waals surface area contributed by atoms with E-state index >= 15 is 0 Å². The van der Waals surface area contributed by atoms with Gasteiger partial charge in [0.05, 0.1) is 20.2 Å². The van der Waals surface area contributed by atoms with Gasteiger partial charge in [-0.3, -0.25) is 19.3 Å². The monoisotopic (exact) mass is 291 g/mol. The number of methoxy groups -OCH3 is 1. The van der Waals surface area contributed by atoms with Gasteiger partial charge in [-0.15, -0.1) is 0 Å². The Morgan fingerprint density at radius 2 is 2.00 bits per heavy atom. The van der Waals surface area contributed by atoms with Gasteiger partial charge in [-0.1, -0.05) is 30.3 Å². The number of ketones is 1. The highest BCUT2D eigenvalue weighted by Crippen LogP contribution is 2.15. The van der Waals surface area contributed by atoms with Crippen LogP contribution in [0.2, 0.25) is 0 Å². The van der Waals surface area contributed by atoms with Gasteiger partial charge in [-0.05, 0) is 5.56 Å². The molecule has 0 bridgehead atoms. The lowest BCUT2D eigenvalue weighted by Gasteiger charge is -2.20. The highest BCUT2D eigenvalue weighted by Gasteiger charge is 2.37. The summed E-state index contributed by atoms with van der Waals surface area (Å²) < 4.78 is 9.78. The molecule has 6 heteroatoms. The fourth-order valence-corrected chi connectivity index (χ4v) is 2.23. The number of rotatable bonds is 5. The van der Waals surface area contributed by atoms with Crippen molar-refractivity contribution in [1.82, 2.24) is 4.90 Å². The van der Waals surface area contributed by atoms with Gasteiger partial charge in [0.25, 0.3) is 0 Å². The van der Waals surface area contributed by atoms with E-state index in [1.165, 1.54) is 12.0 Å². The van der Waals surface area contributed by atoms with Crippen LogP contribution in [-0.4, -0.2) is 48.9 Å². The summed E-state index contributed by atoms with van der Waals surface area (Å²) in [6.45, 7) is 0.142. The highest BCUT2D eigenvalue weighted by atomic mass is 16.5. The van der Waals surface area contributed by atoms with Gasteiger partial charge in [0, 0.05) is 6.42 Å². The third-order valence-electron chi connectivity index (χ3n) is 3.29. The van der Waals surface area contributed by atoms with Crippen LogP contribution in [0.25, 0.3) is 0 Å². The quantitative estimate of drug-likeness (QED) is 0.738. The van der Waals surface area contributed by atoms with Crippen LogP contribution < -0.4 is 0 Å². The van der Waals surface area contributed by atoms with E-state index in [4.69, 9.17) is 4.74 Å². The predicted molar refractivity (Wildman–Crippen MR) is 73.2 cm³/mol. The third-order valence-corrected chi connectivity index (χ3v) is 3.29. The van der Waals surface area contributed by atoms with Gasteiger partial charge >= 0.3 is 11.9 Å². The average molecular weight is 291 g/mol. The molecule has 1 saturated heterocycles. The highest BCUT2D eigenvalue weighted by molar-refractivity contribution is 5.92. The second kappa shape index (κ2) is 6.99. The maximum absolute atomic E-state index is 11.8. The molecule has 1 aliphatic heterocycles. The third kappa shape index (κ3) is 4.13. The van der Waals surface area contributed by atoms with Crippen LogP contribution in [0, 0.1) is 0 Å². The predicted octanol–water partition coefficient (Wildman–Crippen LogP) is 0.546. The van der Waals surface area contributed by atoms with Crippen molar-refractivity contribution in [2.75, 3.05) is 20.2 Å². The molecule has 1 heterocycles. The van der Waals surface area contributed by atoms with E-state index in [1.807, 2.05) is 30.3 Å². The summed E-state index contributed by atoms with van der Waals surface area (Å²) in [4.78, 5) is 36.3. The molecule has 0 saturated carbocycles. The standard InChI is InChI=1S/C15H17NO5/c1-20-15(19)13-7-12(17)8-16(13)9-14(18)21-10-11-5-3-2-4-6-11/h2-6,13H,7-10H2,1H3/t13-/m0/s1. The summed E-state index contributed by atoms with van der Waals surface area (Å²) in [5.41, 5.74) is 0.882. The van der Waals surface area contributed by atoms with E-state index in [0.29, 0.717) is 0 Å². The second-order valence-electron chi connectivity index (χ2n) is 4.83. The number of esters is 2. The van der Waals surface area contributed by atoms with Crippen molar-refractivity contribution in [3.8, 4) is 0 Å². The number of carbonyl (C=O) groups excluding carboxylic acids is 3. The normalized spacial score (nSPS) is 18.5. The van der Waals surface area contributed by atoms with Crippen LogP contribution in [0.5, 0.6) is 0 Å². The minimum Gasteiger partial charge on any atom is -0.468 e. The Labute approximate surface area is 122 Å². The zero-order chi connectivity index (χ0) is 15.2. The Kier molecular flexibility index (Phi) is 5.05. The van der Waals surface area contributed by atoms with E-state index in [0.717, 1.165) is 5.56 Å². The number of likely N-dealkylation sites (tertiary alicyclic amines) is 1. The van der Waals surface area contributed by atoms with Crippen LogP contribution in [0.3, 0.4) is 0 Å². The molecular weight excluding hydrogens is 274 g/mol. The molecule has 1 fully saturated rings. The molecule has 0 unspecified atom stereocenters. The number of hydrogen-bond donors (Lipinski definition) is 0. The molecule has 0 N–H and O–H groups in total. The van der Waals surface area contributed by atoms with Crippen LogP contribution in [0.1, 0.15) is 12.0 Å². The molecule has 0 aliphatic carbocycles. The number of benzene rings is 1. The molecule has 0 radical (unpaired) electrons. The minimum absolute atomic E-state index is 0.0696. The van der Waals surface area contributed by atoms with Gasteiger partial charge in [-0.2, -0.15) is 0 Å². The van der Waals surface area contributed by atoms with Crippen molar-refractivity contribution in [2.45, 2.75) is 19.1 Å². The average Bonchev–Trinajstić information content (AvgIpc) is 2.86. The number of hydrogen-bond acceptors (Lipinski definition) is 6. The molecule has 1 atom stereocenters. The van der Waals surface area contributed by atoms with Crippen LogP contribution in [0.4, 0.5) is 0 Å². The van der Waals surface area contributed by atoms with E-state index < -0.39 is 18.0 Å². The summed E-state index contributed by atoms with van der Waals surface area (Å²) in [6.07, 6.45) is 0.0820. The van der Waals surface area contributed by atoms with Gasteiger partial charge < -0.3 is 9.47 Å². The minimum atomic E-state index is -0.688. The molecule has 6 nitrogen and oxygen atoms in total. The van der Waals surface area contributed by atoms with Gasteiger partial charge in [0.15, 0.2) is 0 Å². The summed E-state index contributed by atoms with van der Waals surface area (Å²) in [7, 11) is 1.26. The van der Waals surface area contributed by atoms with Crippen LogP contribution in [0.15, 0.2) is 30.3 Å². The van der Waals surface area contributed by atoms with Crippen molar-refractivity contribution in [1.29, 1.82) is 0 Å². The zero-order valence-electron chi connectivity index (χ0n) is 11.8. The molecule has 1 aromatic carbocycles. The van der Waals surface area contributed by atoms with Crippen molar-refractivity contribution < 1.29 is 23.9 Å². The van der Waals surface area contributed by atoms with Crippen molar-refractivity contribution in [3.05, 3.63) is 35.9 Å². The Bertz CT molecular complexity index is 528. The lowest BCUT2D eigenvalue weighted by atomic mass is 10.2. The Morgan fingerprint density at radius 1 is 1.29 bits per heavy atom. The van der Waals surface area contributed by atoms with Crippen LogP contribution >= 0.6 is 0 Å². The lowest BCUT2D eigenvalue weighted by molar-refractivity contribution is -0.150. The Balaban J connectivity index is 1.86. The van der Waals surface area contributed by atoms with Crippen molar-refractivity contribution in [2.24, 2.45) is 0 Å². The maximum atomic E-state index is 11.8. The fourth-order valence-electron chi connectivity index (χ4n) is 2.23. The molecule has 2 rings (SSSR count). The summed E-state index contributed by atoms with van der Waals surface area (Å²) in [6, 6.07) is 8.60. The van der Waals surface area contributed by atoms with E-state index in [9.17, 15) is 14.4 Å². The number of ether oxygens (including phenoxy) is 2. The number of carbonyl (C=O) groups is 3. The molecule has 0 amide bonds. The molecular formula is C15H17NO5. The zero-order valence-corrected chi connectivity index (χ0v) is 11.8. The first-order valence-corrected chi connectivity index (χ1v) is 6.63. The van der Waals surface area contributed by atoms with Gasteiger partial charge in [0.1, 0.15) is 18.4 Å². The SMILES string of the molecule is COC(=O)[C@@H]1CC(=O)CN1CC(=O)OCc1ccccc1. The summed E-state index contributed by atoms with van der Waals surface area (Å²) in [5.74, 6) is -1.06. The largest absolute Gasteiger partial charge is 0.468 e. The first-order chi connectivity index (χ1) is 10.1. The van der Waals surface area contributed by atoms with E-state index in [-0.39, 0.29) is 31.9 Å². The molecule has 1 aromatic rings. The Morgan fingerprint density at radius 3 is 2.67 bits per heavy atom. The Hall–Kier alpha value is -2.21. The molecule has 0 spiro atoms. The molecule has 21 heavy (non-hydrogen) atoms. The van der Waals surface area contributed by atoms with E-state index in [2.05, 4.69) is 4.74 Å². The van der Waals surface area contributed by atoms with Gasteiger partial charge in [0.2, 0.25) is 0 Å². The molecule has 0 aromatic heterocycles. The summed E-state index contributed by atoms with van der Waals surface area (Å²) in [5, 5.41) is 0. The number of Topliss-reactive ketones (excluding diaryl/α,β-unsaturated/α-hetero) is 1.